The molecule has 21 heteroatoms. The molecule has 2 atom stereocenters. The van der Waals surface area contributed by atoms with Gasteiger partial charge in [0.2, 0.25) is 17.7 Å². The molecule has 3 saturated heterocycles. The van der Waals surface area contributed by atoms with Crippen molar-refractivity contribution in [1.29, 1.82) is 5.26 Å². The van der Waals surface area contributed by atoms with Crippen LogP contribution in [-0.4, -0.2) is 100 Å². The molecule has 2 unspecified atom stereocenters. The number of anilines is 4. The Bertz CT molecular complexity index is 2300. The highest BCUT2D eigenvalue weighted by atomic mass is 35.5. The first kappa shape index (κ1) is 45.0. The lowest BCUT2D eigenvalue weighted by Gasteiger charge is -2.39. The maximum absolute atomic E-state index is 15.2. The molecule has 4 amide bonds. The number of piperidine rings is 1. The summed E-state index contributed by atoms with van der Waals surface area (Å²) in [4.78, 5) is 60.2. The second-order valence-electron chi connectivity index (χ2n) is 15.5. The van der Waals surface area contributed by atoms with Crippen molar-refractivity contribution in [3.8, 4) is 11.8 Å². The summed E-state index contributed by atoms with van der Waals surface area (Å²) >= 11 is 11.8. The summed E-state index contributed by atoms with van der Waals surface area (Å²) in [6.07, 6.45) is -3.52. The molecule has 0 aliphatic carbocycles. The third-order valence-electron chi connectivity index (χ3n) is 10.5. The first-order valence-corrected chi connectivity index (χ1v) is 19.8. The molecule has 3 aliphatic heterocycles. The van der Waals surface area contributed by atoms with Crippen LogP contribution in [0.2, 0.25) is 5.02 Å². The maximum atomic E-state index is 15.2. The number of carbonyl (C=O) groups is 4. The van der Waals surface area contributed by atoms with Crippen molar-refractivity contribution in [2.45, 2.75) is 70.3 Å². The molecule has 6 rings (SSSR count). The zero-order valence-electron chi connectivity index (χ0n) is 33.3. The highest BCUT2D eigenvalue weighted by Crippen LogP contribution is 2.43. The van der Waals surface area contributed by atoms with Gasteiger partial charge in [-0.15, -0.1) is 0 Å². The van der Waals surface area contributed by atoms with Crippen molar-refractivity contribution in [2.24, 2.45) is 0 Å². The van der Waals surface area contributed by atoms with Gasteiger partial charge in [-0.1, -0.05) is 11.6 Å². The van der Waals surface area contributed by atoms with Gasteiger partial charge in [0.05, 0.1) is 29.6 Å². The highest BCUT2D eigenvalue weighted by Gasteiger charge is 2.51. The first-order chi connectivity index (χ1) is 28.6. The third-order valence-corrected chi connectivity index (χ3v) is 11.1. The predicted octanol–water partition coefficient (Wildman–Crippen LogP) is 5.89. The summed E-state index contributed by atoms with van der Waals surface area (Å²) in [5.41, 5.74) is -3.62. The number of aromatic nitrogens is 1. The minimum Gasteiger partial charge on any atom is -0.492 e. The molecule has 14 nitrogen and oxygen atoms in total. The molecule has 3 fully saturated rings. The number of alkyl halides is 5. The second-order valence-corrected chi connectivity index (χ2v) is 16.3. The molecule has 3 N–H and O–H groups in total. The number of pyridine rings is 1. The largest absolute Gasteiger partial charge is 0.492 e. The standard InChI is InChI=1S/C40H41ClF5N9O5S/c1-22-20-52(9-10-53(22)21-34(57)50-25-14-23(41)13-24(15-25)49-30-6-8-33(56)51-35(30)58)11-12-60-32-7-5-26(16-29(32)39(4,42)43)55-37(61)54(36(59)38(55,2)3)27-17-28(40(44,45)46)31(18-47)48-19-27/h5,7,13-17,19,22,30,49H,6,8-12,20-21H2,1-4H3,(H,50,57)(H,51,56,58). The summed E-state index contributed by atoms with van der Waals surface area (Å²) in [6, 6.07) is 10.0. The van der Waals surface area contributed by atoms with Gasteiger partial charge >= 0.3 is 6.18 Å². The van der Waals surface area contributed by atoms with Gasteiger partial charge in [-0.3, -0.25) is 39.2 Å². The highest BCUT2D eigenvalue weighted by molar-refractivity contribution is 7.81. The van der Waals surface area contributed by atoms with Crippen molar-refractivity contribution < 1.29 is 45.9 Å². The topological polar surface area (TPSA) is 163 Å². The van der Waals surface area contributed by atoms with Gasteiger partial charge in [-0.2, -0.15) is 18.4 Å². The van der Waals surface area contributed by atoms with Gasteiger partial charge in [0.15, 0.2) is 10.8 Å². The molecule has 0 saturated carbocycles. The second kappa shape index (κ2) is 17.5. The average Bonchev–Trinajstić information content (AvgIpc) is 3.34. The number of hydrogen-bond donors (Lipinski definition) is 3. The lowest BCUT2D eigenvalue weighted by atomic mass is 10.0. The minimum atomic E-state index is -4.95. The van der Waals surface area contributed by atoms with Crippen molar-refractivity contribution in [2.75, 3.05) is 59.8 Å². The van der Waals surface area contributed by atoms with Crippen molar-refractivity contribution in [1.82, 2.24) is 20.1 Å². The smallest absolute Gasteiger partial charge is 0.419 e. The van der Waals surface area contributed by atoms with E-state index in [1.807, 2.05) is 11.8 Å². The average molecular weight is 890 g/mol. The molecule has 2 aromatic carbocycles. The molecule has 1 aromatic heterocycles. The number of benzene rings is 2. The van der Waals surface area contributed by atoms with E-state index in [9.17, 15) is 32.3 Å². The van der Waals surface area contributed by atoms with Crippen LogP contribution < -0.4 is 30.5 Å². The van der Waals surface area contributed by atoms with E-state index in [1.165, 1.54) is 36.9 Å². The minimum absolute atomic E-state index is 0.0344. The number of rotatable bonds is 12. The number of nitrogens with one attached hydrogen (secondary N) is 3. The number of piperazine rings is 1. The first-order valence-electron chi connectivity index (χ1n) is 19.0. The maximum Gasteiger partial charge on any atom is 0.419 e. The zero-order valence-corrected chi connectivity index (χ0v) is 34.9. The Balaban J connectivity index is 1.06. The summed E-state index contributed by atoms with van der Waals surface area (Å²) in [7, 11) is 0. The number of hydrogen-bond acceptors (Lipinski definition) is 11. The van der Waals surface area contributed by atoms with Gasteiger partial charge in [0.25, 0.3) is 11.8 Å². The fraction of sp³-hybridized carbons (Fsp3) is 0.425. The van der Waals surface area contributed by atoms with Crippen LogP contribution >= 0.6 is 23.8 Å². The monoisotopic (exact) mass is 889 g/mol. The number of ether oxygens (including phenoxy) is 1. The summed E-state index contributed by atoms with van der Waals surface area (Å²) in [5, 5.41) is 17.4. The predicted molar refractivity (Wildman–Crippen MR) is 219 cm³/mol. The number of halogens is 6. The molecule has 4 heterocycles. The van der Waals surface area contributed by atoms with E-state index in [1.54, 1.807) is 18.2 Å². The fourth-order valence-corrected chi connectivity index (χ4v) is 8.18. The Kier molecular flexibility index (Phi) is 12.9. The third kappa shape index (κ3) is 10.0. The molecule has 61 heavy (non-hydrogen) atoms. The molecule has 0 spiro atoms. The van der Waals surface area contributed by atoms with Crippen molar-refractivity contribution in [3.05, 3.63) is 70.5 Å². The molecule has 0 bridgehead atoms. The summed E-state index contributed by atoms with van der Waals surface area (Å²) < 4.78 is 77.4. The van der Waals surface area contributed by atoms with Gasteiger partial charge in [0, 0.05) is 67.7 Å². The molecular formula is C40H41ClF5N9O5S. The number of nitriles is 1. The number of thiocarbonyl (C=S) groups is 1. The van der Waals surface area contributed by atoms with Crippen molar-refractivity contribution in [3.63, 3.8) is 0 Å². The molecule has 0 radical (unpaired) electrons. The summed E-state index contributed by atoms with van der Waals surface area (Å²) in [6.45, 7) is 7.66. The van der Waals surface area contributed by atoms with E-state index in [0.717, 1.165) is 17.2 Å². The number of amides is 4. The van der Waals surface area contributed by atoms with E-state index in [2.05, 4.69) is 25.8 Å². The van der Waals surface area contributed by atoms with Crippen LogP contribution in [0, 0.1) is 11.3 Å². The molecule has 324 valence electrons. The SMILES string of the molecule is CC1CN(CCOc2ccc(N3C(=S)N(c4cnc(C#N)c(C(F)(F)F)c4)C(=O)C3(C)C)cc2C(C)(F)F)CCN1CC(=O)Nc1cc(Cl)cc(NC2CCC(=O)NC2=O)c1. The lowest BCUT2D eigenvalue weighted by molar-refractivity contribution is -0.138. The van der Waals surface area contributed by atoms with Crippen LogP contribution in [0.3, 0.4) is 0 Å². The molecular weight excluding hydrogens is 849 g/mol. The molecule has 3 aliphatic rings. The van der Waals surface area contributed by atoms with Crippen LogP contribution in [0.25, 0.3) is 0 Å². The lowest BCUT2D eigenvalue weighted by Crippen LogP contribution is -2.54. The Hall–Kier alpha value is -5.49. The molecule has 3 aromatic rings. The van der Waals surface area contributed by atoms with E-state index < -0.39 is 52.3 Å². The van der Waals surface area contributed by atoms with Crippen LogP contribution in [0.5, 0.6) is 5.75 Å². The Morgan fingerprint density at radius 1 is 1.07 bits per heavy atom. The summed E-state index contributed by atoms with van der Waals surface area (Å²) in [5.74, 6) is -5.34. The Morgan fingerprint density at radius 3 is 2.43 bits per heavy atom. The van der Waals surface area contributed by atoms with E-state index in [-0.39, 0.29) is 59.7 Å². The van der Waals surface area contributed by atoms with Crippen LogP contribution in [-0.2, 0) is 31.3 Å². The van der Waals surface area contributed by atoms with E-state index in [4.69, 9.17) is 33.8 Å². The van der Waals surface area contributed by atoms with E-state index >= 15 is 8.78 Å². The van der Waals surface area contributed by atoms with Crippen molar-refractivity contribution >= 4 is 75.3 Å². The number of nitrogens with zero attached hydrogens (tertiary/aromatic N) is 6. The Labute approximate surface area is 357 Å². The van der Waals surface area contributed by atoms with Gasteiger partial charge in [-0.25, -0.2) is 13.8 Å². The zero-order chi connectivity index (χ0) is 44.6. The van der Waals surface area contributed by atoms with Gasteiger partial charge < -0.3 is 20.3 Å². The van der Waals surface area contributed by atoms with E-state index in [0.29, 0.717) is 62.0 Å². The van der Waals surface area contributed by atoms with Gasteiger partial charge in [-0.05, 0) is 81.9 Å². The van der Waals surface area contributed by atoms with Gasteiger partial charge in [0.1, 0.15) is 30.0 Å². The van der Waals surface area contributed by atoms with Crippen LogP contribution in [0.4, 0.5) is 44.7 Å². The fourth-order valence-electron chi connectivity index (χ4n) is 7.42. The Morgan fingerprint density at radius 2 is 1.77 bits per heavy atom. The van der Waals surface area contributed by atoms with Crippen LogP contribution in [0.1, 0.15) is 57.4 Å². The quantitative estimate of drug-likeness (QED) is 0.112. The number of imide groups is 1. The van der Waals surface area contributed by atoms with Crippen LogP contribution in [0.15, 0.2) is 48.7 Å². The number of carbonyl (C=O) groups excluding carboxylic acids is 4. The normalized spacial score (nSPS) is 20.1.